The second-order valence-corrected chi connectivity index (χ2v) is 10.4. The molecule has 0 radical (unpaired) electrons. The van der Waals surface area contributed by atoms with E-state index in [0.29, 0.717) is 18.3 Å². The summed E-state index contributed by atoms with van der Waals surface area (Å²) in [6.45, 7) is 8.28. The van der Waals surface area contributed by atoms with Crippen LogP contribution in [0.25, 0.3) is 0 Å². The molecule has 0 heterocycles. The van der Waals surface area contributed by atoms with Crippen LogP contribution >= 0.6 is 0 Å². The van der Waals surface area contributed by atoms with Crippen molar-refractivity contribution in [3.63, 3.8) is 0 Å². The predicted octanol–water partition coefficient (Wildman–Crippen LogP) is 4.78. The average molecular weight is 410 g/mol. The molecule has 2 bridgehead atoms. The summed E-state index contributed by atoms with van der Waals surface area (Å²) in [5, 5.41) is 3.01. The molecule has 2 fully saturated rings. The van der Waals surface area contributed by atoms with Gasteiger partial charge in [-0.1, -0.05) is 69.7 Å². The van der Waals surface area contributed by atoms with Crippen LogP contribution in [-0.2, 0) is 19.7 Å². The third kappa shape index (κ3) is 3.70. The summed E-state index contributed by atoms with van der Waals surface area (Å²) in [6, 6.07) is 10.6. The van der Waals surface area contributed by atoms with E-state index in [4.69, 9.17) is 4.74 Å². The van der Waals surface area contributed by atoms with E-state index in [-0.39, 0.29) is 35.2 Å². The van der Waals surface area contributed by atoms with Crippen molar-refractivity contribution in [2.75, 3.05) is 0 Å². The number of benzene rings is 1. The Morgan fingerprint density at radius 3 is 2.43 bits per heavy atom. The van der Waals surface area contributed by atoms with E-state index in [1.807, 2.05) is 6.07 Å². The van der Waals surface area contributed by atoms with E-state index >= 15 is 0 Å². The molecule has 4 rings (SSSR count). The molecule has 0 aliphatic heterocycles. The molecule has 2 saturated carbocycles. The summed E-state index contributed by atoms with van der Waals surface area (Å²) in [4.78, 5) is 25.6. The van der Waals surface area contributed by atoms with Crippen LogP contribution < -0.4 is 5.32 Å². The SMILES string of the molecule is CC(=O)N[C@@]1(C(=O)O[C@@H]2C[C@H](C)CC[C@H]2C(C)(C)c2ccccc2)C[C@@H]2C=C[C@H]1C2. The highest BCUT2D eigenvalue weighted by Crippen LogP contribution is 2.49. The minimum absolute atomic E-state index is 0.0421. The minimum Gasteiger partial charge on any atom is -0.460 e. The van der Waals surface area contributed by atoms with E-state index < -0.39 is 5.54 Å². The summed E-state index contributed by atoms with van der Waals surface area (Å²) in [5.41, 5.74) is 0.292. The Kier molecular flexibility index (Phi) is 5.54. The standard InChI is InChI=1S/C26H35NO3/c1-17-10-13-22(25(3,4)20-8-6-5-7-9-20)23(14-17)30-24(29)26(27-18(2)28)16-19-11-12-21(26)15-19/h5-9,11-12,17,19,21-23H,10,13-16H2,1-4H3,(H,27,28)/t17-,19-,21+,22-,23-,26+/m1/s1. The van der Waals surface area contributed by atoms with Crippen molar-refractivity contribution in [1.82, 2.24) is 5.32 Å². The van der Waals surface area contributed by atoms with Gasteiger partial charge in [0, 0.05) is 18.8 Å². The van der Waals surface area contributed by atoms with Crippen LogP contribution in [0.15, 0.2) is 42.5 Å². The molecule has 1 N–H and O–H groups in total. The molecule has 4 nitrogen and oxygen atoms in total. The Balaban J connectivity index is 1.59. The summed E-state index contributed by atoms with van der Waals surface area (Å²) in [7, 11) is 0. The second kappa shape index (κ2) is 7.86. The van der Waals surface area contributed by atoms with Crippen molar-refractivity contribution >= 4 is 11.9 Å². The number of esters is 1. The molecular weight excluding hydrogens is 374 g/mol. The van der Waals surface area contributed by atoms with Gasteiger partial charge < -0.3 is 10.1 Å². The summed E-state index contributed by atoms with van der Waals surface area (Å²) in [5.74, 6) is 0.788. The number of fused-ring (bicyclic) bond motifs is 2. The van der Waals surface area contributed by atoms with E-state index in [2.05, 4.69) is 62.5 Å². The molecule has 0 aromatic heterocycles. The van der Waals surface area contributed by atoms with Gasteiger partial charge in [0.25, 0.3) is 0 Å². The lowest BCUT2D eigenvalue weighted by Gasteiger charge is -2.45. The fourth-order valence-electron chi connectivity index (χ4n) is 6.21. The van der Waals surface area contributed by atoms with Gasteiger partial charge in [-0.3, -0.25) is 4.79 Å². The fraction of sp³-hybridized carbons (Fsp3) is 0.615. The zero-order valence-electron chi connectivity index (χ0n) is 18.7. The lowest BCUT2D eigenvalue weighted by molar-refractivity contribution is -0.167. The Bertz CT molecular complexity index is 830. The molecule has 1 amide bonds. The number of hydrogen-bond acceptors (Lipinski definition) is 3. The number of amides is 1. The normalized spacial score (nSPS) is 35.3. The van der Waals surface area contributed by atoms with Crippen LogP contribution in [0, 0.1) is 23.7 Å². The molecule has 3 aliphatic carbocycles. The number of carbonyl (C=O) groups excluding carboxylic acids is 2. The zero-order valence-corrected chi connectivity index (χ0v) is 18.7. The number of carbonyl (C=O) groups is 2. The zero-order chi connectivity index (χ0) is 21.5. The first-order valence-electron chi connectivity index (χ1n) is 11.5. The minimum atomic E-state index is -0.895. The monoisotopic (exact) mass is 409 g/mol. The van der Waals surface area contributed by atoms with Gasteiger partial charge in [0.2, 0.25) is 5.91 Å². The number of nitrogens with one attached hydrogen (secondary N) is 1. The van der Waals surface area contributed by atoms with Crippen LogP contribution in [-0.4, -0.2) is 23.5 Å². The largest absolute Gasteiger partial charge is 0.460 e. The first-order chi connectivity index (χ1) is 14.2. The Morgan fingerprint density at radius 2 is 1.83 bits per heavy atom. The maximum Gasteiger partial charge on any atom is 0.332 e. The number of allylic oxidation sites excluding steroid dienone is 1. The van der Waals surface area contributed by atoms with Crippen molar-refractivity contribution in [3.8, 4) is 0 Å². The quantitative estimate of drug-likeness (QED) is 0.562. The molecule has 3 aliphatic rings. The van der Waals surface area contributed by atoms with Crippen molar-refractivity contribution in [2.45, 2.75) is 76.9 Å². The number of hydrogen-bond donors (Lipinski definition) is 1. The van der Waals surface area contributed by atoms with E-state index in [0.717, 1.165) is 25.7 Å². The molecule has 0 spiro atoms. The van der Waals surface area contributed by atoms with Gasteiger partial charge in [-0.25, -0.2) is 4.79 Å². The smallest absolute Gasteiger partial charge is 0.332 e. The van der Waals surface area contributed by atoms with E-state index in [9.17, 15) is 9.59 Å². The van der Waals surface area contributed by atoms with Crippen molar-refractivity contribution in [3.05, 3.63) is 48.0 Å². The molecular formula is C26H35NO3. The van der Waals surface area contributed by atoms with Gasteiger partial charge in [-0.2, -0.15) is 0 Å². The Morgan fingerprint density at radius 1 is 1.10 bits per heavy atom. The maximum atomic E-state index is 13.6. The second-order valence-electron chi connectivity index (χ2n) is 10.4. The van der Waals surface area contributed by atoms with Gasteiger partial charge in [-0.05, 0) is 48.5 Å². The summed E-state index contributed by atoms with van der Waals surface area (Å²) < 4.78 is 6.34. The van der Waals surface area contributed by atoms with Crippen molar-refractivity contribution < 1.29 is 14.3 Å². The van der Waals surface area contributed by atoms with E-state index in [1.54, 1.807) is 0 Å². The molecule has 0 unspecified atom stereocenters. The molecule has 4 heteroatoms. The molecule has 1 aromatic carbocycles. The highest BCUT2D eigenvalue weighted by atomic mass is 16.5. The molecule has 162 valence electrons. The van der Waals surface area contributed by atoms with Crippen LogP contribution in [0.2, 0.25) is 0 Å². The Hall–Kier alpha value is -2.10. The van der Waals surface area contributed by atoms with Crippen molar-refractivity contribution in [2.24, 2.45) is 23.7 Å². The maximum absolute atomic E-state index is 13.6. The predicted molar refractivity (Wildman–Crippen MR) is 118 cm³/mol. The third-order valence-electron chi connectivity index (χ3n) is 7.91. The lowest BCUT2D eigenvalue weighted by atomic mass is 9.64. The molecule has 0 saturated heterocycles. The molecule has 6 atom stereocenters. The van der Waals surface area contributed by atoms with Crippen LogP contribution in [0.1, 0.15) is 65.4 Å². The van der Waals surface area contributed by atoms with Gasteiger partial charge in [0.15, 0.2) is 0 Å². The van der Waals surface area contributed by atoms with Gasteiger partial charge in [0.1, 0.15) is 11.6 Å². The molecule has 30 heavy (non-hydrogen) atoms. The first-order valence-corrected chi connectivity index (χ1v) is 11.5. The van der Waals surface area contributed by atoms with Crippen LogP contribution in [0.4, 0.5) is 0 Å². The van der Waals surface area contributed by atoms with Gasteiger partial charge in [0.05, 0.1) is 0 Å². The first kappa shape index (κ1) is 21.1. The fourth-order valence-corrected chi connectivity index (χ4v) is 6.21. The highest BCUT2D eigenvalue weighted by molar-refractivity contribution is 5.89. The number of rotatable bonds is 5. The molecule has 1 aromatic rings. The topological polar surface area (TPSA) is 55.4 Å². The van der Waals surface area contributed by atoms with E-state index in [1.165, 1.54) is 12.5 Å². The van der Waals surface area contributed by atoms with Crippen LogP contribution in [0.5, 0.6) is 0 Å². The van der Waals surface area contributed by atoms with Crippen LogP contribution in [0.3, 0.4) is 0 Å². The third-order valence-corrected chi connectivity index (χ3v) is 7.91. The van der Waals surface area contributed by atoms with Gasteiger partial charge >= 0.3 is 5.97 Å². The highest BCUT2D eigenvalue weighted by Gasteiger charge is 2.56. The number of ether oxygens (including phenoxy) is 1. The Labute approximate surface area is 180 Å². The average Bonchev–Trinajstić information content (AvgIpc) is 3.30. The van der Waals surface area contributed by atoms with Gasteiger partial charge in [-0.15, -0.1) is 0 Å². The van der Waals surface area contributed by atoms with Crippen molar-refractivity contribution in [1.29, 1.82) is 0 Å². The summed E-state index contributed by atoms with van der Waals surface area (Å²) in [6.07, 6.45) is 8.80. The lowest BCUT2D eigenvalue weighted by Crippen LogP contribution is -2.59. The summed E-state index contributed by atoms with van der Waals surface area (Å²) >= 11 is 0.